The Morgan fingerprint density at radius 1 is 1.23 bits per heavy atom. The zero-order valence-corrected chi connectivity index (χ0v) is 8.21. The molecular formula is C12H16N+. The topological polar surface area (TPSA) is 23.8 Å². The van der Waals surface area contributed by atoms with Gasteiger partial charge in [-0.1, -0.05) is 0 Å². The molecule has 4 atom stereocenters. The van der Waals surface area contributed by atoms with Crippen molar-refractivity contribution in [2.24, 2.45) is 23.2 Å². The zero-order chi connectivity index (χ0) is 9.05. The summed E-state index contributed by atoms with van der Waals surface area (Å²) in [6.45, 7) is 2.33. The van der Waals surface area contributed by atoms with Gasteiger partial charge in [-0.15, -0.1) is 0 Å². The molecule has 4 rings (SSSR count). The molecule has 0 spiro atoms. The number of nitriles is 1. The molecule has 0 amide bonds. The maximum Gasteiger partial charge on any atom is 0.102 e. The molecule has 0 aromatic heterocycles. The van der Waals surface area contributed by atoms with Crippen LogP contribution < -0.4 is 0 Å². The summed E-state index contributed by atoms with van der Waals surface area (Å²) in [5, 5.41) is 9.26. The molecule has 4 bridgehead atoms. The van der Waals surface area contributed by atoms with E-state index in [4.69, 9.17) is 0 Å². The quantitative estimate of drug-likeness (QED) is 0.518. The molecule has 4 aliphatic rings. The van der Waals surface area contributed by atoms with Gasteiger partial charge in [-0.05, 0) is 25.2 Å². The van der Waals surface area contributed by atoms with Gasteiger partial charge in [-0.2, -0.15) is 5.26 Å². The lowest BCUT2D eigenvalue weighted by atomic mass is 9.47. The second kappa shape index (κ2) is 2.23. The minimum atomic E-state index is 0.107. The SMILES string of the molecule is C[C+]1[C@@H]2CC3C[C@H]1CC(C#N)(C3)C2. The molecule has 1 heteroatoms. The van der Waals surface area contributed by atoms with E-state index in [2.05, 4.69) is 13.0 Å². The molecule has 4 aliphatic carbocycles. The highest BCUT2D eigenvalue weighted by atomic mass is 14.6. The monoisotopic (exact) mass is 174 g/mol. The van der Waals surface area contributed by atoms with Crippen molar-refractivity contribution < 1.29 is 0 Å². The van der Waals surface area contributed by atoms with Crippen LogP contribution in [0.15, 0.2) is 0 Å². The summed E-state index contributed by atoms with van der Waals surface area (Å²) in [5.74, 6) is 4.24. The molecule has 0 aliphatic heterocycles. The molecule has 0 saturated heterocycles. The van der Waals surface area contributed by atoms with Crippen LogP contribution in [0.4, 0.5) is 0 Å². The lowest BCUT2D eigenvalue weighted by molar-refractivity contribution is 0.00196. The van der Waals surface area contributed by atoms with E-state index < -0.39 is 0 Å². The van der Waals surface area contributed by atoms with Gasteiger partial charge in [0, 0.05) is 12.8 Å². The van der Waals surface area contributed by atoms with Crippen molar-refractivity contribution in [3.63, 3.8) is 0 Å². The summed E-state index contributed by atoms with van der Waals surface area (Å²) in [5.41, 5.74) is 0.107. The molecule has 1 nitrogen and oxygen atoms in total. The zero-order valence-electron chi connectivity index (χ0n) is 8.21. The first kappa shape index (κ1) is 7.74. The number of hydrogen-bond donors (Lipinski definition) is 0. The Kier molecular flexibility index (Phi) is 1.33. The van der Waals surface area contributed by atoms with Crippen LogP contribution >= 0.6 is 0 Å². The Labute approximate surface area is 80.1 Å². The average molecular weight is 174 g/mol. The van der Waals surface area contributed by atoms with Crippen LogP contribution in [-0.4, -0.2) is 0 Å². The van der Waals surface area contributed by atoms with E-state index >= 15 is 0 Å². The summed E-state index contributed by atoms with van der Waals surface area (Å²) >= 11 is 0. The van der Waals surface area contributed by atoms with Gasteiger partial charge in [0.2, 0.25) is 0 Å². The van der Waals surface area contributed by atoms with E-state index in [1.54, 1.807) is 5.92 Å². The van der Waals surface area contributed by atoms with Gasteiger partial charge >= 0.3 is 0 Å². The number of nitrogens with zero attached hydrogens (tertiary/aromatic N) is 1. The van der Waals surface area contributed by atoms with Gasteiger partial charge in [0.1, 0.15) is 11.8 Å². The smallest absolute Gasteiger partial charge is 0.102 e. The molecule has 0 aromatic rings. The summed E-state index contributed by atoms with van der Waals surface area (Å²) in [7, 11) is 0. The minimum Gasteiger partial charge on any atom is -0.198 e. The Morgan fingerprint density at radius 2 is 1.85 bits per heavy atom. The molecule has 13 heavy (non-hydrogen) atoms. The van der Waals surface area contributed by atoms with Crippen molar-refractivity contribution in [1.82, 2.24) is 0 Å². The highest BCUT2D eigenvalue weighted by Gasteiger charge is 2.60. The molecule has 4 fully saturated rings. The van der Waals surface area contributed by atoms with Crippen LogP contribution in [0.2, 0.25) is 0 Å². The second-order valence-corrected chi connectivity index (χ2v) is 5.48. The summed E-state index contributed by atoms with van der Waals surface area (Å²) in [4.78, 5) is 0. The van der Waals surface area contributed by atoms with Crippen LogP contribution in [-0.2, 0) is 0 Å². The van der Waals surface area contributed by atoms with Gasteiger partial charge in [-0.25, -0.2) is 0 Å². The summed E-state index contributed by atoms with van der Waals surface area (Å²) in [6.07, 6.45) is 6.37. The number of rotatable bonds is 0. The minimum absolute atomic E-state index is 0.107. The third kappa shape index (κ3) is 0.894. The van der Waals surface area contributed by atoms with Crippen LogP contribution in [0.3, 0.4) is 0 Å². The van der Waals surface area contributed by atoms with Crippen LogP contribution in [0.5, 0.6) is 0 Å². The normalized spacial score (nSPS) is 52.3. The van der Waals surface area contributed by atoms with Gasteiger partial charge in [-0.3, -0.25) is 0 Å². The lowest BCUT2D eigenvalue weighted by Crippen LogP contribution is -2.48. The van der Waals surface area contributed by atoms with Crippen molar-refractivity contribution in [1.29, 1.82) is 5.26 Å². The highest BCUT2D eigenvalue weighted by molar-refractivity contribution is 5.20. The predicted molar refractivity (Wildman–Crippen MR) is 50.5 cm³/mol. The third-order valence-electron chi connectivity index (χ3n) is 4.71. The van der Waals surface area contributed by atoms with E-state index in [1.807, 2.05) is 0 Å². The first-order valence-corrected chi connectivity index (χ1v) is 5.47. The lowest BCUT2D eigenvalue weighted by Gasteiger charge is -2.51. The fourth-order valence-corrected chi connectivity index (χ4v) is 4.14. The fraction of sp³-hybridized carbons (Fsp3) is 0.833. The van der Waals surface area contributed by atoms with Crippen molar-refractivity contribution in [2.75, 3.05) is 0 Å². The third-order valence-corrected chi connectivity index (χ3v) is 4.71. The standard InChI is InChI=1S/C12H16N/c1-8-10-2-9-3-11(8)6-12(4-9,5-10)7-13/h9-11H,2-6H2,1H3/q+1/t9?,10-,11+,12?. The second-order valence-electron chi connectivity index (χ2n) is 5.48. The van der Waals surface area contributed by atoms with Crippen molar-refractivity contribution in [2.45, 2.75) is 39.0 Å². The average Bonchev–Trinajstić information content (AvgIpc) is 2.13. The summed E-state index contributed by atoms with van der Waals surface area (Å²) in [6, 6.07) is 2.62. The van der Waals surface area contributed by atoms with Crippen LogP contribution in [0.25, 0.3) is 0 Å². The fourth-order valence-electron chi connectivity index (χ4n) is 4.14. The molecule has 4 saturated carbocycles. The van der Waals surface area contributed by atoms with E-state index in [-0.39, 0.29) is 5.41 Å². The Balaban J connectivity index is 1.97. The molecular weight excluding hydrogens is 158 g/mol. The maximum atomic E-state index is 9.26. The number of hydrogen-bond acceptors (Lipinski definition) is 1. The molecule has 0 heterocycles. The Morgan fingerprint density at radius 3 is 2.38 bits per heavy atom. The van der Waals surface area contributed by atoms with E-state index in [0.717, 1.165) is 17.8 Å². The molecule has 2 unspecified atom stereocenters. The van der Waals surface area contributed by atoms with Crippen molar-refractivity contribution in [3.05, 3.63) is 5.92 Å². The van der Waals surface area contributed by atoms with Crippen molar-refractivity contribution >= 4 is 0 Å². The summed E-state index contributed by atoms with van der Waals surface area (Å²) < 4.78 is 0. The predicted octanol–water partition coefficient (Wildman–Crippen LogP) is 2.93. The highest BCUT2D eigenvalue weighted by Crippen LogP contribution is 2.62. The Hall–Kier alpha value is -0.640. The van der Waals surface area contributed by atoms with E-state index in [0.29, 0.717) is 0 Å². The van der Waals surface area contributed by atoms with Gasteiger partial charge in [0.25, 0.3) is 0 Å². The molecule has 0 radical (unpaired) electrons. The van der Waals surface area contributed by atoms with Gasteiger partial charge in [0.15, 0.2) is 0 Å². The first-order valence-electron chi connectivity index (χ1n) is 5.47. The van der Waals surface area contributed by atoms with E-state index in [9.17, 15) is 5.26 Å². The van der Waals surface area contributed by atoms with Gasteiger partial charge < -0.3 is 0 Å². The molecule has 68 valence electrons. The molecule has 0 N–H and O–H groups in total. The van der Waals surface area contributed by atoms with Crippen molar-refractivity contribution in [3.8, 4) is 6.07 Å². The maximum absolute atomic E-state index is 9.26. The van der Waals surface area contributed by atoms with E-state index in [1.165, 1.54) is 32.1 Å². The molecule has 0 aromatic carbocycles. The first-order chi connectivity index (χ1) is 6.22. The largest absolute Gasteiger partial charge is 0.198 e. The van der Waals surface area contributed by atoms with Crippen LogP contribution in [0.1, 0.15) is 39.0 Å². The Bertz CT molecular complexity index is 259. The van der Waals surface area contributed by atoms with Crippen LogP contribution in [0, 0.1) is 40.4 Å². The van der Waals surface area contributed by atoms with Gasteiger partial charge in [0.05, 0.1) is 24.3 Å².